The second kappa shape index (κ2) is 7.67. The lowest BCUT2D eigenvalue weighted by Crippen LogP contribution is -2.37. The van der Waals surface area contributed by atoms with Gasteiger partial charge in [0, 0.05) is 18.3 Å². The fraction of sp³-hybridized carbons (Fsp3) is 0.300. The standard InChI is InChI=1S/C20H21N5O3/c1-13(14-4-6-15(7-5-14)25-8-3-9-28-20(25)26)24-19-17-10-16(27-2)11-21-18(17)22-12-23-19/h4-7,10-13H,3,8-9H2,1-2H3,(H,21,22,23,24). The van der Waals surface area contributed by atoms with E-state index < -0.39 is 0 Å². The molecule has 0 spiro atoms. The summed E-state index contributed by atoms with van der Waals surface area (Å²) in [6, 6.07) is 9.72. The van der Waals surface area contributed by atoms with E-state index in [-0.39, 0.29) is 12.1 Å². The molecular formula is C20H21N5O3. The third kappa shape index (κ3) is 3.53. The zero-order chi connectivity index (χ0) is 19.5. The highest BCUT2D eigenvalue weighted by molar-refractivity contribution is 5.88. The fourth-order valence-electron chi connectivity index (χ4n) is 3.17. The number of methoxy groups -OCH3 is 1. The molecule has 4 rings (SSSR count). The molecule has 1 aliphatic heterocycles. The minimum absolute atomic E-state index is 0.00772. The maximum absolute atomic E-state index is 11.9. The van der Waals surface area contributed by atoms with Crippen molar-refractivity contribution in [2.45, 2.75) is 19.4 Å². The number of fused-ring (bicyclic) bond motifs is 1. The average molecular weight is 379 g/mol. The van der Waals surface area contributed by atoms with Crippen LogP contribution in [0.1, 0.15) is 24.9 Å². The van der Waals surface area contributed by atoms with E-state index in [0.29, 0.717) is 30.4 Å². The van der Waals surface area contributed by atoms with Crippen LogP contribution in [0.2, 0.25) is 0 Å². The molecule has 1 saturated heterocycles. The number of hydrogen-bond donors (Lipinski definition) is 1. The molecule has 0 saturated carbocycles. The molecule has 0 radical (unpaired) electrons. The van der Waals surface area contributed by atoms with Gasteiger partial charge in [0.1, 0.15) is 17.9 Å². The van der Waals surface area contributed by atoms with Gasteiger partial charge < -0.3 is 14.8 Å². The molecule has 1 aromatic carbocycles. The highest BCUT2D eigenvalue weighted by atomic mass is 16.6. The number of aromatic nitrogens is 3. The van der Waals surface area contributed by atoms with Crippen molar-refractivity contribution in [3.63, 3.8) is 0 Å². The van der Waals surface area contributed by atoms with E-state index >= 15 is 0 Å². The average Bonchev–Trinajstić information content (AvgIpc) is 2.74. The van der Waals surface area contributed by atoms with Crippen LogP contribution in [0.3, 0.4) is 0 Å². The molecule has 8 nitrogen and oxygen atoms in total. The van der Waals surface area contributed by atoms with Gasteiger partial charge in [0.15, 0.2) is 5.65 Å². The van der Waals surface area contributed by atoms with Gasteiger partial charge in [0.05, 0.1) is 25.3 Å². The lowest BCUT2D eigenvalue weighted by atomic mass is 10.1. The Morgan fingerprint density at radius 3 is 2.79 bits per heavy atom. The number of benzene rings is 1. The Hall–Kier alpha value is -3.42. The molecule has 0 aliphatic carbocycles. The SMILES string of the molecule is COc1cnc2ncnc(NC(C)c3ccc(N4CCCOC4=O)cc3)c2c1. The molecule has 1 aliphatic rings. The van der Waals surface area contributed by atoms with E-state index in [4.69, 9.17) is 9.47 Å². The number of amides is 1. The van der Waals surface area contributed by atoms with E-state index in [0.717, 1.165) is 23.1 Å². The van der Waals surface area contributed by atoms with Crippen LogP contribution < -0.4 is 15.0 Å². The smallest absolute Gasteiger partial charge is 0.414 e. The summed E-state index contributed by atoms with van der Waals surface area (Å²) in [5.41, 5.74) is 2.50. The van der Waals surface area contributed by atoms with Gasteiger partial charge in [-0.15, -0.1) is 0 Å². The van der Waals surface area contributed by atoms with Crippen molar-refractivity contribution in [2.75, 3.05) is 30.5 Å². The van der Waals surface area contributed by atoms with Gasteiger partial charge in [-0.2, -0.15) is 0 Å². The van der Waals surface area contributed by atoms with E-state index in [1.54, 1.807) is 18.2 Å². The summed E-state index contributed by atoms with van der Waals surface area (Å²) >= 11 is 0. The number of nitrogens with one attached hydrogen (secondary N) is 1. The first-order valence-corrected chi connectivity index (χ1v) is 9.11. The van der Waals surface area contributed by atoms with Gasteiger partial charge in [-0.1, -0.05) is 12.1 Å². The second-order valence-corrected chi connectivity index (χ2v) is 6.55. The zero-order valence-corrected chi connectivity index (χ0v) is 15.8. The summed E-state index contributed by atoms with van der Waals surface area (Å²) in [4.78, 5) is 26.4. The molecule has 28 heavy (non-hydrogen) atoms. The van der Waals surface area contributed by atoms with E-state index in [9.17, 15) is 4.79 Å². The van der Waals surface area contributed by atoms with Crippen LogP contribution in [0.5, 0.6) is 5.75 Å². The number of pyridine rings is 1. The van der Waals surface area contributed by atoms with Crippen molar-refractivity contribution in [2.24, 2.45) is 0 Å². The van der Waals surface area contributed by atoms with Crippen molar-refractivity contribution in [1.82, 2.24) is 15.0 Å². The summed E-state index contributed by atoms with van der Waals surface area (Å²) in [6.45, 7) is 3.21. The van der Waals surface area contributed by atoms with Gasteiger partial charge in [-0.25, -0.2) is 19.7 Å². The third-order valence-corrected chi connectivity index (χ3v) is 4.73. The van der Waals surface area contributed by atoms with Crippen LogP contribution in [0.15, 0.2) is 42.9 Å². The van der Waals surface area contributed by atoms with Crippen LogP contribution in [-0.2, 0) is 4.74 Å². The first-order chi connectivity index (χ1) is 13.7. The first-order valence-electron chi connectivity index (χ1n) is 9.11. The fourth-order valence-corrected chi connectivity index (χ4v) is 3.17. The minimum Gasteiger partial charge on any atom is -0.495 e. The lowest BCUT2D eigenvalue weighted by Gasteiger charge is -2.26. The maximum atomic E-state index is 11.9. The molecule has 8 heteroatoms. The Balaban J connectivity index is 1.54. The number of anilines is 2. The highest BCUT2D eigenvalue weighted by Crippen LogP contribution is 2.27. The Kier molecular flexibility index (Phi) is 4.92. The number of cyclic esters (lactones) is 1. The van der Waals surface area contributed by atoms with Crippen LogP contribution in [0.4, 0.5) is 16.3 Å². The molecular weight excluding hydrogens is 358 g/mol. The predicted octanol–water partition coefficient (Wildman–Crippen LogP) is 3.55. The Morgan fingerprint density at radius 2 is 2.04 bits per heavy atom. The third-order valence-electron chi connectivity index (χ3n) is 4.73. The van der Waals surface area contributed by atoms with Gasteiger partial charge >= 0.3 is 6.09 Å². The zero-order valence-electron chi connectivity index (χ0n) is 15.8. The van der Waals surface area contributed by atoms with Crippen LogP contribution >= 0.6 is 0 Å². The molecule has 1 fully saturated rings. The number of carbonyl (C=O) groups is 1. The maximum Gasteiger partial charge on any atom is 0.414 e. The van der Waals surface area contributed by atoms with E-state index in [1.165, 1.54) is 6.33 Å². The van der Waals surface area contributed by atoms with Crippen LogP contribution in [-0.4, -0.2) is 41.3 Å². The summed E-state index contributed by atoms with van der Waals surface area (Å²) in [5.74, 6) is 1.34. The van der Waals surface area contributed by atoms with Crippen molar-refractivity contribution < 1.29 is 14.3 Å². The molecule has 3 heterocycles. The first kappa shape index (κ1) is 18.0. The molecule has 144 valence electrons. The van der Waals surface area contributed by atoms with Crippen LogP contribution in [0, 0.1) is 0 Å². The van der Waals surface area contributed by atoms with E-state index in [2.05, 4.69) is 20.3 Å². The van der Waals surface area contributed by atoms with E-state index in [1.807, 2.05) is 37.3 Å². The predicted molar refractivity (Wildman–Crippen MR) is 106 cm³/mol. The summed E-state index contributed by atoms with van der Waals surface area (Å²) in [6.07, 6.45) is 3.66. The monoisotopic (exact) mass is 379 g/mol. The molecule has 1 amide bonds. The number of nitrogens with zero attached hydrogens (tertiary/aromatic N) is 4. The second-order valence-electron chi connectivity index (χ2n) is 6.55. The topological polar surface area (TPSA) is 89.5 Å². The van der Waals surface area contributed by atoms with Crippen molar-refractivity contribution in [3.05, 3.63) is 48.4 Å². The van der Waals surface area contributed by atoms with Gasteiger partial charge in [0.25, 0.3) is 0 Å². The molecule has 0 bridgehead atoms. The molecule has 1 unspecified atom stereocenters. The summed E-state index contributed by atoms with van der Waals surface area (Å²) in [5, 5.41) is 4.20. The summed E-state index contributed by atoms with van der Waals surface area (Å²) in [7, 11) is 1.60. The number of rotatable bonds is 5. The molecule has 1 atom stereocenters. The Morgan fingerprint density at radius 1 is 1.21 bits per heavy atom. The van der Waals surface area contributed by atoms with Crippen molar-refractivity contribution in [3.8, 4) is 5.75 Å². The lowest BCUT2D eigenvalue weighted by molar-refractivity contribution is 0.140. The van der Waals surface area contributed by atoms with Gasteiger partial charge in [-0.05, 0) is 37.1 Å². The summed E-state index contributed by atoms with van der Waals surface area (Å²) < 4.78 is 10.4. The van der Waals surface area contributed by atoms with Crippen LogP contribution in [0.25, 0.3) is 11.0 Å². The molecule has 2 aromatic heterocycles. The molecule has 1 N–H and O–H groups in total. The largest absolute Gasteiger partial charge is 0.495 e. The van der Waals surface area contributed by atoms with Gasteiger partial charge in [0.2, 0.25) is 0 Å². The Bertz CT molecular complexity index is 993. The number of carbonyl (C=O) groups excluding carboxylic acids is 1. The normalized spacial score (nSPS) is 15.2. The molecule has 3 aromatic rings. The quantitative estimate of drug-likeness (QED) is 0.725. The van der Waals surface area contributed by atoms with Crippen molar-refractivity contribution >= 4 is 28.6 Å². The number of ether oxygens (including phenoxy) is 2. The van der Waals surface area contributed by atoms with Gasteiger partial charge in [-0.3, -0.25) is 4.90 Å². The highest BCUT2D eigenvalue weighted by Gasteiger charge is 2.21. The Labute approximate surface area is 162 Å². The minimum atomic E-state index is -0.293. The number of hydrogen-bond acceptors (Lipinski definition) is 7. The van der Waals surface area contributed by atoms with Crippen molar-refractivity contribution in [1.29, 1.82) is 0 Å².